The number of benzene rings is 1. The van der Waals surface area contributed by atoms with Gasteiger partial charge >= 0.3 is 6.09 Å². The van der Waals surface area contributed by atoms with Gasteiger partial charge in [0.25, 0.3) is 0 Å². The van der Waals surface area contributed by atoms with Crippen molar-refractivity contribution in [3.63, 3.8) is 0 Å². The van der Waals surface area contributed by atoms with Crippen LogP contribution in [0.2, 0.25) is 0 Å². The molecule has 1 amide bonds. The second-order valence-electron chi connectivity index (χ2n) is 6.80. The van der Waals surface area contributed by atoms with E-state index in [0.717, 1.165) is 27.0 Å². The Morgan fingerprint density at radius 2 is 2.14 bits per heavy atom. The number of carbonyl (C=O) groups excluding carboxylic acids is 1. The van der Waals surface area contributed by atoms with Crippen LogP contribution in [0.15, 0.2) is 58.7 Å². The van der Waals surface area contributed by atoms with Gasteiger partial charge in [-0.15, -0.1) is 0 Å². The third-order valence-electron chi connectivity index (χ3n) is 4.22. The molecular formula is C21H23FN4O2S. The van der Waals surface area contributed by atoms with Gasteiger partial charge in [0.2, 0.25) is 0 Å². The summed E-state index contributed by atoms with van der Waals surface area (Å²) in [7, 11) is 0. The maximum Gasteiger partial charge on any atom is 0.404 e. The predicted molar refractivity (Wildman–Crippen MR) is 109 cm³/mol. The first kappa shape index (κ1) is 20.9. The standard InChI is InChI=1S/C21H23FN4O2S/c1-14(2)19-20(29-17-7-3-6-16(22)11-17)26(13-15-5-4-9-24-12-15)18(25-19)8-10-28-21(23)27/h3-7,9,11-12,14H,8,10,13H2,1-2H3,(H2,23,27). The summed E-state index contributed by atoms with van der Waals surface area (Å²) in [6.07, 6.45) is 3.14. The highest BCUT2D eigenvalue weighted by atomic mass is 32.2. The number of ether oxygens (including phenoxy) is 1. The quantitative estimate of drug-likeness (QED) is 0.591. The van der Waals surface area contributed by atoms with Gasteiger partial charge in [0.15, 0.2) is 0 Å². The lowest BCUT2D eigenvalue weighted by atomic mass is 10.1. The summed E-state index contributed by atoms with van der Waals surface area (Å²) >= 11 is 1.47. The topological polar surface area (TPSA) is 83.0 Å². The van der Waals surface area contributed by atoms with Crippen LogP contribution >= 0.6 is 11.8 Å². The summed E-state index contributed by atoms with van der Waals surface area (Å²) in [5, 5.41) is 0.934. The number of primary amides is 1. The van der Waals surface area contributed by atoms with Crippen LogP contribution in [0, 0.1) is 5.82 Å². The maximum atomic E-state index is 13.7. The number of carbonyl (C=O) groups is 1. The first-order valence-electron chi connectivity index (χ1n) is 9.28. The molecule has 2 heterocycles. The molecule has 0 fully saturated rings. The van der Waals surface area contributed by atoms with Crippen molar-refractivity contribution in [3.8, 4) is 0 Å². The molecule has 1 aromatic carbocycles. The van der Waals surface area contributed by atoms with Crippen molar-refractivity contribution >= 4 is 17.9 Å². The molecule has 3 aromatic rings. The van der Waals surface area contributed by atoms with Crippen LogP contribution in [-0.2, 0) is 17.7 Å². The number of hydrogen-bond acceptors (Lipinski definition) is 5. The predicted octanol–water partition coefficient (Wildman–Crippen LogP) is 4.38. The molecule has 0 aliphatic rings. The van der Waals surface area contributed by atoms with E-state index in [4.69, 9.17) is 15.5 Å². The average Bonchev–Trinajstić information content (AvgIpc) is 3.00. The molecule has 2 aromatic heterocycles. The van der Waals surface area contributed by atoms with Crippen LogP contribution in [0.25, 0.3) is 0 Å². The lowest BCUT2D eigenvalue weighted by molar-refractivity contribution is 0.157. The fraction of sp³-hybridized carbons (Fsp3) is 0.286. The van der Waals surface area contributed by atoms with Crippen molar-refractivity contribution in [2.45, 2.75) is 42.7 Å². The van der Waals surface area contributed by atoms with Crippen molar-refractivity contribution in [2.24, 2.45) is 5.73 Å². The van der Waals surface area contributed by atoms with Gasteiger partial charge in [-0.2, -0.15) is 0 Å². The Morgan fingerprint density at radius 1 is 1.31 bits per heavy atom. The van der Waals surface area contributed by atoms with Crippen molar-refractivity contribution < 1.29 is 13.9 Å². The Bertz CT molecular complexity index is 976. The zero-order valence-electron chi connectivity index (χ0n) is 16.3. The minimum absolute atomic E-state index is 0.140. The number of amides is 1. The van der Waals surface area contributed by atoms with Gasteiger partial charge in [-0.05, 0) is 35.7 Å². The van der Waals surface area contributed by atoms with Gasteiger partial charge in [0, 0.05) is 23.7 Å². The number of rotatable bonds is 8. The zero-order chi connectivity index (χ0) is 20.8. The second kappa shape index (κ2) is 9.56. The Morgan fingerprint density at radius 3 is 2.79 bits per heavy atom. The van der Waals surface area contributed by atoms with Crippen LogP contribution < -0.4 is 5.73 Å². The molecule has 152 valence electrons. The van der Waals surface area contributed by atoms with E-state index in [-0.39, 0.29) is 18.3 Å². The van der Waals surface area contributed by atoms with E-state index in [1.165, 1.54) is 23.9 Å². The summed E-state index contributed by atoms with van der Waals surface area (Å²) in [4.78, 5) is 20.7. The third kappa shape index (κ3) is 5.57. The molecule has 0 atom stereocenters. The van der Waals surface area contributed by atoms with Gasteiger partial charge in [-0.1, -0.05) is 37.7 Å². The summed E-state index contributed by atoms with van der Waals surface area (Å²) < 4.78 is 20.7. The number of nitrogens with two attached hydrogens (primary N) is 1. The Kier molecular flexibility index (Phi) is 6.87. The Hall–Kier alpha value is -2.87. The van der Waals surface area contributed by atoms with Gasteiger partial charge < -0.3 is 15.0 Å². The fourth-order valence-electron chi connectivity index (χ4n) is 2.90. The fourth-order valence-corrected chi connectivity index (χ4v) is 4.11. The van der Waals surface area contributed by atoms with Crippen molar-refractivity contribution in [1.29, 1.82) is 0 Å². The molecular weight excluding hydrogens is 391 g/mol. The number of hydrogen-bond donors (Lipinski definition) is 1. The van der Waals surface area contributed by atoms with E-state index in [9.17, 15) is 9.18 Å². The number of aromatic nitrogens is 3. The third-order valence-corrected chi connectivity index (χ3v) is 5.33. The number of pyridine rings is 1. The van der Waals surface area contributed by atoms with Gasteiger partial charge in [-0.3, -0.25) is 4.98 Å². The summed E-state index contributed by atoms with van der Waals surface area (Å²) in [5.41, 5.74) is 7.01. The van der Waals surface area contributed by atoms with Crippen LogP contribution in [0.1, 0.15) is 36.8 Å². The van der Waals surface area contributed by atoms with Gasteiger partial charge in [0.05, 0.1) is 12.2 Å². The van der Waals surface area contributed by atoms with Crippen LogP contribution in [0.3, 0.4) is 0 Å². The van der Waals surface area contributed by atoms with Gasteiger partial charge in [0.1, 0.15) is 23.3 Å². The van der Waals surface area contributed by atoms with Crippen LogP contribution in [-0.4, -0.2) is 27.2 Å². The first-order valence-corrected chi connectivity index (χ1v) is 10.1. The molecule has 3 rings (SSSR count). The second-order valence-corrected chi connectivity index (χ2v) is 7.86. The molecule has 0 aliphatic carbocycles. The highest BCUT2D eigenvalue weighted by Crippen LogP contribution is 2.35. The monoisotopic (exact) mass is 414 g/mol. The van der Waals surface area contributed by atoms with Crippen molar-refractivity contribution in [1.82, 2.24) is 14.5 Å². The van der Waals surface area contributed by atoms with E-state index >= 15 is 0 Å². The smallest absolute Gasteiger partial charge is 0.404 e. The molecule has 0 aliphatic heterocycles. The summed E-state index contributed by atoms with van der Waals surface area (Å²) in [6, 6.07) is 10.4. The molecule has 0 saturated carbocycles. The Balaban J connectivity index is 2.01. The van der Waals surface area contributed by atoms with E-state index in [2.05, 4.69) is 23.4 Å². The molecule has 0 saturated heterocycles. The maximum absolute atomic E-state index is 13.7. The molecule has 0 radical (unpaired) electrons. The molecule has 0 bridgehead atoms. The first-order chi connectivity index (χ1) is 13.9. The lowest BCUT2D eigenvalue weighted by Gasteiger charge is -2.13. The number of imidazole rings is 1. The van der Waals surface area contributed by atoms with Crippen molar-refractivity contribution in [3.05, 3.63) is 71.7 Å². The lowest BCUT2D eigenvalue weighted by Crippen LogP contribution is -2.16. The van der Waals surface area contributed by atoms with Gasteiger partial charge in [-0.25, -0.2) is 14.2 Å². The number of halogens is 1. The highest BCUT2D eigenvalue weighted by Gasteiger charge is 2.21. The molecule has 0 unspecified atom stereocenters. The Labute approximate surface area is 173 Å². The zero-order valence-corrected chi connectivity index (χ0v) is 17.2. The van der Waals surface area contributed by atoms with E-state index < -0.39 is 6.09 Å². The summed E-state index contributed by atoms with van der Waals surface area (Å²) in [5.74, 6) is 0.657. The van der Waals surface area contributed by atoms with E-state index in [1.807, 2.05) is 18.2 Å². The van der Waals surface area contributed by atoms with Crippen LogP contribution in [0.5, 0.6) is 0 Å². The van der Waals surface area contributed by atoms with E-state index in [0.29, 0.717) is 13.0 Å². The molecule has 0 spiro atoms. The summed E-state index contributed by atoms with van der Waals surface area (Å²) in [6.45, 7) is 4.82. The molecule has 2 N–H and O–H groups in total. The molecule has 29 heavy (non-hydrogen) atoms. The molecule has 8 heteroatoms. The highest BCUT2D eigenvalue weighted by molar-refractivity contribution is 7.99. The van der Waals surface area contributed by atoms with Crippen molar-refractivity contribution in [2.75, 3.05) is 6.61 Å². The average molecular weight is 415 g/mol. The minimum Gasteiger partial charge on any atom is -0.449 e. The normalized spacial score (nSPS) is 11.0. The number of nitrogens with zero attached hydrogens (tertiary/aromatic N) is 3. The van der Waals surface area contributed by atoms with E-state index in [1.54, 1.807) is 18.5 Å². The molecule has 6 nitrogen and oxygen atoms in total. The van der Waals surface area contributed by atoms with Crippen LogP contribution in [0.4, 0.5) is 9.18 Å². The minimum atomic E-state index is -0.811. The largest absolute Gasteiger partial charge is 0.449 e. The SMILES string of the molecule is CC(C)c1nc(CCOC(N)=O)n(Cc2cccnc2)c1Sc1cccc(F)c1.